The van der Waals surface area contributed by atoms with Crippen LogP contribution in [0, 0.1) is 0 Å². The van der Waals surface area contributed by atoms with Crippen molar-refractivity contribution in [2.75, 3.05) is 54.5 Å². The van der Waals surface area contributed by atoms with E-state index in [0.29, 0.717) is 56.8 Å². The van der Waals surface area contributed by atoms with Crippen molar-refractivity contribution in [3.05, 3.63) is 107 Å². The van der Waals surface area contributed by atoms with Gasteiger partial charge >= 0.3 is 10.2 Å². The highest BCUT2D eigenvalue weighted by Crippen LogP contribution is 2.49. The smallest absolute Gasteiger partial charge is 0.344 e. The van der Waals surface area contributed by atoms with Crippen LogP contribution in [0.15, 0.2) is 95.4 Å². The molecule has 0 radical (unpaired) electrons. The van der Waals surface area contributed by atoms with Crippen LogP contribution in [-0.4, -0.2) is 85.4 Å². The summed E-state index contributed by atoms with van der Waals surface area (Å²) in [5.74, 6) is 0.372. The van der Waals surface area contributed by atoms with Gasteiger partial charge in [0.25, 0.3) is 10.1 Å². The molecule has 1 fully saturated rings. The largest absolute Gasteiger partial charge is 0.442 e. The highest BCUT2D eigenvalue weighted by Gasteiger charge is 2.42. The molecule has 1 aliphatic carbocycles. The van der Waals surface area contributed by atoms with Gasteiger partial charge in [-0.2, -0.15) is 8.42 Å². The maximum atomic E-state index is 14.2. The summed E-state index contributed by atoms with van der Waals surface area (Å²) in [5.41, 5.74) is 8.61. The fourth-order valence-electron chi connectivity index (χ4n) is 8.44. The molecule has 0 atom stereocenters. The Morgan fingerprint density at radius 3 is 1.70 bits per heavy atom. The molecule has 5 rings (SSSR count). The number of rotatable bonds is 18. The van der Waals surface area contributed by atoms with Crippen LogP contribution < -0.4 is 9.80 Å². The van der Waals surface area contributed by atoms with Crippen molar-refractivity contribution in [2.45, 2.75) is 90.9 Å². The molecule has 0 unspecified atom stereocenters. The molecule has 3 aliphatic rings. The number of hydrogen-bond acceptors (Lipinski definition) is 10. The fraction of sp³-hybridized carbons (Fsp3) is 0.500. The van der Waals surface area contributed by atoms with Gasteiger partial charge in [0.05, 0.1) is 5.75 Å². The Bertz CT molecular complexity index is 2150. The first-order valence-electron chi connectivity index (χ1n) is 19.7. The molecule has 57 heavy (non-hydrogen) atoms. The van der Waals surface area contributed by atoms with Crippen molar-refractivity contribution >= 4 is 49.5 Å². The Morgan fingerprint density at radius 1 is 0.772 bits per heavy atom. The first kappa shape index (κ1) is 44.8. The average Bonchev–Trinajstić information content (AvgIpc) is 3.74. The Labute approximate surface area is 344 Å². The lowest BCUT2D eigenvalue weighted by molar-refractivity contribution is -0.432. The van der Waals surface area contributed by atoms with Crippen LogP contribution >= 0.6 is 12.0 Å². The van der Waals surface area contributed by atoms with Gasteiger partial charge in [-0.05, 0) is 73.9 Å². The zero-order chi connectivity index (χ0) is 41.6. The summed E-state index contributed by atoms with van der Waals surface area (Å²) in [5, 5.41) is 12.2. The van der Waals surface area contributed by atoms with E-state index in [2.05, 4.69) is 108 Å². The fourth-order valence-corrected chi connectivity index (χ4v) is 10.9. The van der Waals surface area contributed by atoms with Crippen molar-refractivity contribution < 1.29 is 40.0 Å². The molecule has 2 aromatic rings. The summed E-state index contributed by atoms with van der Waals surface area (Å²) >= 11 is 1.06. The van der Waals surface area contributed by atoms with E-state index in [1.165, 1.54) is 13.8 Å². The van der Waals surface area contributed by atoms with Gasteiger partial charge in [0.2, 0.25) is 5.71 Å². The Hall–Kier alpha value is -3.28. The molecule has 2 N–H and O–H groups in total. The van der Waals surface area contributed by atoms with E-state index in [0.717, 1.165) is 70.9 Å². The molecule has 2 aliphatic heterocycles. The summed E-state index contributed by atoms with van der Waals surface area (Å²) in [6, 6.07) is 16.6. The van der Waals surface area contributed by atoms with Crippen LogP contribution in [0.25, 0.3) is 0 Å². The molecule has 0 amide bonds. The SMILES string of the molecule is CCN(CC)S(=O)(=O)[N+](C)=C1C(=CC=C2N(CCCCSOOO)c3ccccc3C2(C)C)CCC1=CC=C1N(CCCCS(=O)(=O)O)c2ccccc2C1(C)C. The maximum absolute atomic E-state index is 14.2. The van der Waals surface area contributed by atoms with Gasteiger partial charge in [-0.1, -0.05) is 95.1 Å². The topological polar surface area (TPSA) is 140 Å². The van der Waals surface area contributed by atoms with Gasteiger partial charge < -0.3 is 9.80 Å². The number of allylic oxidation sites excluding steroid dienone is 8. The number of fused-ring (bicyclic) bond motifs is 2. The Balaban J connectivity index is 1.58. The van der Waals surface area contributed by atoms with Crippen molar-refractivity contribution in [1.82, 2.24) is 4.31 Å². The minimum absolute atomic E-state index is 0.289. The zero-order valence-corrected chi connectivity index (χ0v) is 36.7. The lowest BCUT2D eigenvalue weighted by atomic mass is 9.83. The van der Waals surface area contributed by atoms with E-state index in [1.807, 2.05) is 26.0 Å². The average molecular weight is 844 g/mol. The molecule has 15 heteroatoms. The molecular weight excluding hydrogens is 785 g/mol. The highest BCUT2D eigenvalue weighted by molar-refractivity contribution is 7.94. The molecule has 2 heterocycles. The van der Waals surface area contributed by atoms with Crippen LogP contribution in [0.5, 0.6) is 0 Å². The molecule has 0 bridgehead atoms. The molecule has 1 saturated carbocycles. The molecule has 312 valence electrons. The predicted molar refractivity (Wildman–Crippen MR) is 230 cm³/mol. The van der Waals surface area contributed by atoms with E-state index in [4.69, 9.17) is 5.26 Å². The van der Waals surface area contributed by atoms with E-state index in [1.54, 1.807) is 7.05 Å². The number of unbranched alkanes of at least 4 members (excludes halogenated alkanes) is 2. The van der Waals surface area contributed by atoms with E-state index in [9.17, 15) is 21.4 Å². The van der Waals surface area contributed by atoms with Gasteiger partial charge in [-0.3, -0.25) is 4.55 Å². The standard InChI is InChI=1S/C42H58N4O8S3/c1-8-44(9-2)57(51,52)43(7)40-32(24-26-38-41(3,4)34-18-10-12-20-36(34)45(38)28-14-16-30-55-54-53-47)22-23-33(40)25-27-39-42(5,6)35-19-11-13-21-37(35)46(39)29-15-17-31-56(48,49)50/h10-13,18-21,24-27H,8-9,14-17,22-23,28-31H2,1-7H3,(H-,47,48,49,50)/p+1. The van der Waals surface area contributed by atoms with Gasteiger partial charge in [0.15, 0.2) is 7.05 Å². The van der Waals surface area contributed by atoms with Crippen LogP contribution in [0.1, 0.15) is 91.2 Å². The number of benzene rings is 2. The Kier molecular flexibility index (Phi) is 14.7. The van der Waals surface area contributed by atoms with E-state index < -0.39 is 20.3 Å². The summed E-state index contributed by atoms with van der Waals surface area (Å²) in [4.78, 5) is 4.58. The zero-order valence-electron chi connectivity index (χ0n) is 34.3. The second-order valence-corrected chi connectivity index (χ2v) is 20.0. The molecule has 0 saturated heterocycles. The Morgan fingerprint density at radius 2 is 1.25 bits per heavy atom. The summed E-state index contributed by atoms with van der Waals surface area (Å²) in [7, 11) is -6.25. The molecule has 0 aromatic heterocycles. The van der Waals surface area contributed by atoms with Crippen LogP contribution in [0.3, 0.4) is 0 Å². The lowest BCUT2D eigenvalue weighted by Gasteiger charge is -2.27. The molecular formula is C42H59N4O8S3+. The minimum Gasteiger partial charge on any atom is -0.344 e. The summed E-state index contributed by atoms with van der Waals surface area (Å²) < 4.78 is 68.1. The highest BCUT2D eigenvalue weighted by atomic mass is 32.2. The van der Waals surface area contributed by atoms with E-state index >= 15 is 0 Å². The lowest BCUT2D eigenvalue weighted by Crippen LogP contribution is -2.39. The number of anilines is 2. The number of nitrogens with zero attached hydrogens (tertiary/aromatic N) is 4. The van der Waals surface area contributed by atoms with Crippen molar-refractivity contribution in [3.8, 4) is 0 Å². The minimum atomic E-state index is -4.05. The normalized spacial score (nSPS) is 21.4. The third-order valence-electron chi connectivity index (χ3n) is 11.4. The molecule has 0 spiro atoms. The monoisotopic (exact) mass is 843 g/mol. The van der Waals surface area contributed by atoms with Gasteiger partial charge in [-0.25, -0.2) is 5.26 Å². The summed E-state index contributed by atoms with van der Waals surface area (Å²) in [6.45, 7) is 14.5. The quantitative estimate of drug-likeness (QED) is 0.0375. The first-order chi connectivity index (χ1) is 27.0. The van der Waals surface area contributed by atoms with Crippen molar-refractivity contribution in [3.63, 3.8) is 0 Å². The second kappa shape index (κ2) is 18.8. The number of para-hydroxylation sites is 2. The third-order valence-corrected chi connectivity index (χ3v) is 14.9. The van der Waals surface area contributed by atoms with Crippen LogP contribution in [-0.2, 0) is 40.5 Å². The van der Waals surface area contributed by atoms with Crippen LogP contribution in [0.2, 0.25) is 0 Å². The van der Waals surface area contributed by atoms with Gasteiger partial charge in [0, 0.05) is 88.7 Å². The predicted octanol–water partition coefficient (Wildman–Crippen LogP) is 8.18. The van der Waals surface area contributed by atoms with Crippen molar-refractivity contribution in [1.29, 1.82) is 0 Å². The second-order valence-electron chi connectivity index (χ2n) is 15.6. The molecule has 12 nitrogen and oxygen atoms in total. The van der Waals surface area contributed by atoms with Crippen molar-refractivity contribution in [2.24, 2.45) is 0 Å². The summed E-state index contributed by atoms with van der Waals surface area (Å²) in [6.07, 6.45) is 12.4. The van der Waals surface area contributed by atoms with Gasteiger partial charge in [-0.15, -0.1) is 21.0 Å². The van der Waals surface area contributed by atoms with Crippen LogP contribution in [0.4, 0.5) is 11.4 Å². The maximum Gasteiger partial charge on any atom is 0.442 e. The van der Waals surface area contributed by atoms with E-state index in [-0.39, 0.29) is 16.6 Å². The first-order valence-corrected chi connectivity index (χ1v) is 23.7. The number of hydrogen-bond donors (Lipinski definition) is 2. The van der Waals surface area contributed by atoms with Gasteiger partial charge in [0.1, 0.15) is 0 Å². The molecule has 2 aromatic carbocycles. The third kappa shape index (κ3) is 9.79.